The van der Waals surface area contributed by atoms with Crippen LogP contribution in [-0.2, 0) is 24.7 Å². The molecule has 0 fully saturated rings. The zero-order chi connectivity index (χ0) is 3.41. The third-order valence-corrected chi connectivity index (χ3v) is 0.764. The molecule has 0 N–H and O–H groups in total. The van der Waals surface area contributed by atoms with Crippen LogP contribution in [0.25, 0.3) is 0 Å². The molecule has 0 bridgehead atoms. The molecule has 0 aliphatic heterocycles. The summed E-state index contributed by atoms with van der Waals surface area (Å²) >= 11 is 1.40. The van der Waals surface area contributed by atoms with Gasteiger partial charge >= 0.3 is 38.2 Å². The van der Waals surface area contributed by atoms with Gasteiger partial charge < -0.3 is 0 Å². The van der Waals surface area contributed by atoms with E-state index in [2.05, 4.69) is 3.24 Å². The molecule has 0 radical (unpaired) electrons. The third kappa shape index (κ3) is 2.70. The van der Waals surface area contributed by atoms with Gasteiger partial charge in [0.05, 0.1) is 0 Å². The van der Waals surface area contributed by atoms with Gasteiger partial charge in [-0.3, -0.25) is 0 Å². The van der Waals surface area contributed by atoms with Crippen LogP contribution >= 0.6 is 0 Å². The van der Waals surface area contributed by atoms with Crippen molar-refractivity contribution >= 4 is 0 Å². The van der Waals surface area contributed by atoms with Gasteiger partial charge in [0.25, 0.3) is 0 Å². The van der Waals surface area contributed by atoms with E-state index in [9.17, 15) is 0 Å². The van der Waals surface area contributed by atoms with Crippen LogP contribution < -0.4 is 0 Å². The molecule has 24 valence electrons. The fourth-order valence-corrected chi connectivity index (χ4v) is 0. The Balaban J connectivity index is 1.97. The van der Waals surface area contributed by atoms with Crippen LogP contribution in [0.3, 0.4) is 0 Å². The molecule has 0 unspecified atom stereocenters. The standard InChI is InChI=1S/C2H5O.Nb/c1-2-3;/h2H2,1H3;/q-1;+1. The zero-order valence-electron chi connectivity index (χ0n) is 2.56. The van der Waals surface area contributed by atoms with Crippen LogP contribution in [0, 0.1) is 0 Å². The van der Waals surface area contributed by atoms with Crippen molar-refractivity contribution in [3.63, 3.8) is 0 Å². The van der Waals surface area contributed by atoms with E-state index in [1.54, 1.807) is 0 Å². The van der Waals surface area contributed by atoms with E-state index in [0.29, 0.717) is 0 Å². The summed E-state index contributed by atoms with van der Waals surface area (Å²) in [5, 5.41) is 0. The summed E-state index contributed by atoms with van der Waals surface area (Å²) in [7, 11) is 0. The van der Waals surface area contributed by atoms with Gasteiger partial charge in [0.15, 0.2) is 0 Å². The maximum absolute atomic E-state index is 4.59. The van der Waals surface area contributed by atoms with Crippen molar-refractivity contribution < 1.29 is 24.7 Å². The molecular formula is C2H5NbO. The molecule has 0 amide bonds. The average Bonchev–Trinajstić information content (AvgIpc) is 1.37. The summed E-state index contributed by atoms with van der Waals surface area (Å²) in [6.45, 7) is 2.81. The van der Waals surface area contributed by atoms with Gasteiger partial charge in [-0.25, -0.2) is 0 Å². The van der Waals surface area contributed by atoms with Crippen LogP contribution in [0.1, 0.15) is 6.92 Å². The third-order valence-electron chi connectivity index (χ3n) is 0.129. The van der Waals surface area contributed by atoms with Crippen molar-refractivity contribution in [1.82, 2.24) is 0 Å². The summed E-state index contributed by atoms with van der Waals surface area (Å²) in [6, 6.07) is 0. The maximum atomic E-state index is 4.59. The molecule has 0 aliphatic carbocycles. The Morgan fingerprint density at radius 3 is 2.25 bits per heavy atom. The average molecular weight is 138 g/mol. The van der Waals surface area contributed by atoms with Gasteiger partial charge in [0.2, 0.25) is 0 Å². The molecule has 0 saturated heterocycles. The number of rotatable bonds is 1. The van der Waals surface area contributed by atoms with E-state index in [4.69, 9.17) is 0 Å². The first kappa shape index (κ1) is 4.70. The second-order valence-corrected chi connectivity index (χ2v) is 1.05. The molecular weight excluding hydrogens is 133 g/mol. The minimum atomic E-state index is 0.842. The first-order valence-electron chi connectivity index (χ1n) is 1.18. The Kier molecular flexibility index (Phi) is 4.35. The van der Waals surface area contributed by atoms with E-state index in [-0.39, 0.29) is 0 Å². The van der Waals surface area contributed by atoms with E-state index in [1.807, 2.05) is 6.92 Å². The molecule has 1 nitrogen and oxygen atoms in total. The van der Waals surface area contributed by atoms with Crippen LogP contribution in [0.15, 0.2) is 0 Å². The predicted octanol–water partition coefficient (Wildman–Crippen LogP) is 0.485. The molecule has 4 heavy (non-hydrogen) atoms. The van der Waals surface area contributed by atoms with Gasteiger partial charge in [-0.2, -0.15) is 0 Å². The fraction of sp³-hybridized carbons (Fsp3) is 1.00. The second-order valence-electron chi connectivity index (χ2n) is 0.418. The minimum absolute atomic E-state index is 0.842. The molecule has 2 heteroatoms. The molecule has 0 atom stereocenters. The molecule has 0 aromatic carbocycles. The molecule has 0 spiro atoms. The van der Waals surface area contributed by atoms with Crippen molar-refractivity contribution in [2.24, 2.45) is 0 Å². The van der Waals surface area contributed by atoms with Crippen LogP contribution in [-0.4, -0.2) is 6.61 Å². The Labute approximate surface area is 38.8 Å². The van der Waals surface area contributed by atoms with Gasteiger partial charge in [-0.1, -0.05) is 0 Å². The Morgan fingerprint density at radius 2 is 2.25 bits per heavy atom. The quantitative estimate of drug-likeness (QED) is 0.479. The first-order chi connectivity index (χ1) is 1.91. The van der Waals surface area contributed by atoms with Gasteiger partial charge in [0.1, 0.15) is 0 Å². The SMILES string of the molecule is CC[O][Nb]. The predicted molar refractivity (Wildman–Crippen MR) is 11.6 cm³/mol. The van der Waals surface area contributed by atoms with Crippen LogP contribution in [0.5, 0.6) is 0 Å². The second kappa shape index (κ2) is 3.70. The van der Waals surface area contributed by atoms with Crippen molar-refractivity contribution in [3.05, 3.63) is 0 Å². The summed E-state index contributed by atoms with van der Waals surface area (Å²) in [6.07, 6.45) is 0. The first-order valence-corrected chi connectivity index (χ1v) is 2.08. The van der Waals surface area contributed by atoms with Gasteiger partial charge in [-0.05, 0) is 0 Å². The van der Waals surface area contributed by atoms with Crippen molar-refractivity contribution in [1.29, 1.82) is 0 Å². The number of hydrogen-bond donors (Lipinski definition) is 0. The Hall–Kier alpha value is 0.700. The summed E-state index contributed by atoms with van der Waals surface area (Å²) in [4.78, 5) is 0. The zero-order valence-corrected chi connectivity index (χ0v) is 4.76. The molecule has 0 heterocycles. The van der Waals surface area contributed by atoms with Crippen molar-refractivity contribution in [2.75, 3.05) is 6.61 Å². The fourth-order valence-electron chi connectivity index (χ4n) is 0. The Bertz CT molecular complexity index is 8.00. The summed E-state index contributed by atoms with van der Waals surface area (Å²) in [5.74, 6) is 0. The van der Waals surface area contributed by atoms with Crippen LogP contribution in [0.4, 0.5) is 0 Å². The molecule has 0 saturated carbocycles. The van der Waals surface area contributed by atoms with Crippen molar-refractivity contribution in [2.45, 2.75) is 6.92 Å². The van der Waals surface area contributed by atoms with Crippen molar-refractivity contribution in [3.8, 4) is 0 Å². The summed E-state index contributed by atoms with van der Waals surface area (Å²) < 4.78 is 4.59. The van der Waals surface area contributed by atoms with E-state index in [0.717, 1.165) is 6.61 Å². The molecule has 0 rings (SSSR count). The monoisotopic (exact) mass is 138 g/mol. The van der Waals surface area contributed by atoms with Gasteiger partial charge in [0, 0.05) is 0 Å². The summed E-state index contributed by atoms with van der Waals surface area (Å²) in [5.41, 5.74) is 0. The molecule has 0 aromatic heterocycles. The normalized spacial score (nSPS) is 7.25. The topological polar surface area (TPSA) is 9.23 Å². The molecule has 0 aromatic rings. The Morgan fingerprint density at radius 1 is 2.00 bits per heavy atom. The molecule has 0 aliphatic rings. The number of hydrogen-bond acceptors (Lipinski definition) is 1. The van der Waals surface area contributed by atoms with E-state index >= 15 is 0 Å². The van der Waals surface area contributed by atoms with Crippen LogP contribution in [0.2, 0.25) is 0 Å². The van der Waals surface area contributed by atoms with Gasteiger partial charge in [-0.15, -0.1) is 0 Å². The van der Waals surface area contributed by atoms with E-state index in [1.165, 1.54) is 21.5 Å². The van der Waals surface area contributed by atoms with E-state index < -0.39 is 0 Å².